The zero-order chi connectivity index (χ0) is 14.5. The predicted molar refractivity (Wildman–Crippen MR) is 79.8 cm³/mol. The standard InChI is InChI=1S/C16H17N3O2/c20-15(18-10-12-6-8-17-9-7-12)14-11-21-16(19-14)13-4-2-1-3-5-13/h1-6,11,17H,7-10H2,(H,18,20). The predicted octanol–water partition coefficient (Wildman–Crippen LogP) is 1.99. The van der Waals surface area contributed by atoms with Crippen LogP contribution < -0.4 is 10.6 Å². The van der Waals surface area contributed by atoms with E-state index in [1.165, 1.54) is 11.8 Å². The summed E-state index contributed by atoms with van der Waals surface area (Å²) in [4.78, 5) is 16.3. The van der Waals surface area contributed by atoms with Crippen molar-refractivity contribution in [2.45, 2.75) is 6.42 Å². The lowest BCUT2D eigenvalue weighted by atomic mass is 10.1. The van der Waals surface area contributed by atoms with E-state index >= 15 is 0 Å². The van der Waals surface area contributed by atoms with Gasteiger partial charge in [-0.25, -0.2) is 4.98 Å². The van der Waals surface area contributed by atoms with Crippen molar-refractivity contribution in [3.8, 4) is 11.5 Å². The average Bonchev–Trinajstić information content (AvgIpc) is 3.04. The van der Waals surface area contributed by atoms with Gasteiger partial charge in [0.1, 0.15) is 6.26 Å². The Kier molecular flexibility index (Phi) is 4.12. The van der Waals surface area contributed by atoms with Crippen LogP contribution in [0.2, 0.25) is 0 Å². The Bertz CT molecular complexity index is 647. The van der Waals surface area contributed by atoms with Crippen LogP contribution in [0.4, 0.5) is 0 Å². The van der Waals surface area contributed by atoms with Crippen molar-refractivity contribution >= 4 is 5.91 Å². The van der Waals surface area contributed by atoms with Gasteiger partial charge in [-0.05, 0) is 25.1 Å². The smallest absolute Gasteiger partial charge is 0.273 e. The lowest BCUT2D eigenvalue weighted by Crippen LogP contribution is -2.29. The van der Waals surface area contributed by atoms with E-state index in [0.717, 1.165) is 25.1 Å². The molecule has 0 unspecified atom stereocenters. The van der Waals surface area contributed by atoms with Crippen LogP contribution in [-0.4, -0.2) is 30.5 Å². The van der Waals surface area contributed by atoms with Crippen molar-refractivity contribution < 1.29 is 9.21 Å². The van der Waals surface area contributed by atoms with Gasteiger partial charge in [-0.15, -0.1) is 0 Å². The molecule has 0 fully saturated rings. The molecule has 5 nitrogen and oxygen atoms in total. The van der Waals surface area contributed by atoms with Crippen LogP contribution in [0.3, 0.4) is 0 Å². The number of aromatic nitrogens is 1. The zero-order valence-corrected chi connectivity index (χ0v) is 11.6. The van der Waals surface area contributed by atoms with Crippen molar-refractivity contribution in [1.29, 1.82) is 0 Å². The Balaban J connectivity index is 1.63. The molecule has 1 amide bonds. The van der Waals surface area contributed by atoms with Gasteiger partial charge in [-0.1, -0.05) is 29.8 Å². The van der Waals surface area contributed by atoms with E-state index in [2.05, 4.69) is 21.7 Å². The molecule has 0 saturated heterocycles. The van der Waals surface area contributed by atoms with Gasteiger partial charge < -0.3 is 15.1 Å². The van der Waals surface area contributed by atoms with E-state index in [9.17, 15) is 4.79 Å². The minimum atomic E-state index is -0.208. The summed E-state index contributed by atoms with van der Waals surface area (Å²) in [5.41, 5.74) is 2.41. The van der Waals surface area contributed by atoms with Gasteiger partial charge in [0, 0.05) is 18.7 Å². The molecule has 0 saturated carbocycles. The molecule has 108 valence electrons. The number of benzene rings is 1. The molecule has 2 heterocycles. The normalized spacial score (nSPS) is 14.6. The summed E-state index contributed by atoms with van der Waals surface area (Å²) >= 11 is 0. The molecule has 2 N–H and O–H groups in total. The largest absolute Gasteiger partial charge is 0.444 e. The molecule has 3 rings (SSSR count). The molecule has 1 aromatic heterocycles. The zero-order valence-electron chi connectivity index (χ0n) is 11.6. The first-order valence-electron chi connectivity index (χ1n) is 7.01. The number of oxazole rings is 1. The van der Waals surface area contributed by atoms with E-state index in [0.29, 0.717) is 18.1 Å². The maximum absolute atomic E-state index is 12.1. The second kappa shape index (κ2) is 6.37. The minimum absolute atomic E-state index is 0.208. The highest BCUT2D eigenvalue weighted by Crippen LogP contribution is 2.17. The van der Waals surface area contributed by atoms with Gasteiger partial charge in [-0.3, -0.25) is 4.79 Å². The summed E-state index contributed by atoms with van der Waals surface area (Å²) in [6, 6.07) is 9.53. The SMILES string of the molecule is O=C(NCC1=CCNCC1)c1coc(-c2ccccc2)n1. The number of carbonyl (C=O) groups is 1. The van der Waals surface area contributed by atoms with Crippen molar-refractivity contribution in [3.05, 3.63) is 53.9 Å². The van der Waals surface area contributed by atoms with Crippen LogP contribution in [0.5, 0.6) is 0 Å². The molecule has 5 heteroatoms. The molecular weight excluding hydrogens is 266 g/mol. The second-order valence-electron chi connectivity index (χ2n) is 4.90. The minimum Gasteiger partial charge on any atom is -0.444 e. The fraction of sp³-hybridized carbons (Fsp3) is 0.250. The van der Waals surface area contributed by atoms with Gasteiger partial charge in [0.25, 0.3) is 5.91 Å². The summed E-state index contributed by atoms with van der Waals surface area (Å²) in [6.07, 6.45) is 4.48. The molecular formula is C16H17N3O2. The number of nitrogens with zero attached hydrogens (tertiary/aromatic N) is 1. The summed E-state index contributed by atoms with van der Waals surface area (Å²) in [7, 11) is 0. The van der Waals surface area contributed by atoms with Crippen LogP contribution in [-0.2, 0) is 0 Å². The topological polar surface area (TPSA) is 67.2 Å². The van der Waals surface area contributed by atoms with E-state index < -0.39 is 0 Å². The quantitative estimate of drug-likeness (QED) is 0.842. The van der Waals surface area contributed by atoms with Crippen LogP contribution in [0, 0.1) is 0 Å². The average molecular weight is 283 g/mol. The van der Waals surface area contributed by atoms with Crippen molar-refractivity contribution in [2.24, 2.45) is 0 Å². The van der Waals surface area contributed by atoms with Gasteiger partial charge in [0.15, 0.2) is 5.69 Å². The Morgan fingerprint density at radius 1 is 1.33 bits per heavy atom. The molecule has 0 spiro atoms. The number of hydrogen-bond acceptors (Lipinski definition) is 4. The van der Waals surface area contributed by atoms with Crippen molar-refractivity contribution in [2.75, 3.05) is 19.6 Å². The number of nitrogens with one attached hydrogen (secondary N) is 2. The van der Waals surface area contributed by atoms with E-state index in [1.54, 1.807) is 0 Å². The van der Waals surface area contributed by atoms with Gasteiger partial charge in [0.05, 0.1) is 0 Å². The van der Waals surface area contributed by atoms with Crippen molar-refractivity contribution in [1.82, 2.24) is 15.6 Å². The van der Waals surface area contributed by atoms with E-state index in [4.69, 9.17) is 4.42 Å². The maximum Gasteiger partial charge on any atom is 0.273 e. The number of rotatable bonds is 4. The highest BCUT2D eigenvalue weighted by molar-refractivity contribution is 5.92. The van der Waals surface area contributed by atoms with Crippen LogP contribution in [0.25, 0.3) is 11.5 Å². The summed E-state index contributed by atoms with van der Waals surface area (Å²) in [5.74, 6) is 0.252. The summed E-state index contributed by atoms with van der Waals surface area (Å²) in [6.45, 7) is 2.39. The maximum atomic E-state index is 12.1. The molecule has 1 aliphatic rings. The van der Waals surface area contributed by atoms with Gasteiger partial charge in [0.2, 0.25) is 5.89 Å². The highest BCUT2D eigenvalue weighted by Gasteiger charge is 2.13. The van der Waals surface area contributed by atoms with Crippen LogP contribution in [0.15, 0.2) is 52.7 Å². The Morgan fingerprint density at radius 2 is 2.19 bits per heavy atom. The Morgan fingerprint density at radius 3 is 2.95 bits per heavy atom. The van der Waals surface area contributed by atoms with Crippen LogP contribution in [0.1, 0.15) is 16.9 Å². The lowest BCUT2D eigenvalue weighted by molar-refractivity contribution is 0.0951. The Hall–Kier alpha value is -2.40. The second-order valence-corrected chi connectivity index (χ2v) is 4.90. The summed E-state index contributed by atoms with van der Waals surface area (Å²) in [5, 5.41) is 6.12. The Labute approximate surface area is 123 Å². The molecule has 1 aliphatic heterocycles. The molecule has 0 bridgehead atoms. The molecule has 1 aromatic carbocycles. The van der Waals surface area contributed by atoms with Gasteiger partial charge >= 0.3 is 0 Å². The fourth-order valence-corrected chi connectivity index (χ4v) is 2.21. The van der Waals surface area contributed by atoms with Crippen LogP contribution >= 0.6 is 0 Å². The number of carbonyl (C=O) groups excluding carboxylic acids is 1. The fourth-order valence-electron chi connectivity index (χ4n) is 2.21. The molecule has 0 radical (unpaired) electrons. The van der Waals surface area contributed by atoms with E-state index in [1.807, 2.05) is 30.3 Å². The first kappa shape index (κ1) is 13.6. The third-order valence-corrected chi connectivity index (χ3v) is 3.39. The third-order valence-electron chi connectivity index (χ3n) is 3.39. The lowest BCUT2D eigenvalue weighted by Gasteiger charge is -2.13. The molecule has 0 aliphatic carbocycles. The number of hydrogen-bond donors (Lipinski definition) is 2. The van der Waals surface area contributed by atoms with Crippen molar-refractivity contribution in [3.63, 3.8) is 0 Å². The first-order chi connectivity index (χ1) is 10.3. The molecule has 2 aromatic rings. The molecule has 21 heavy (non-hydrogen) atoms. The summed E-state index contributed by atoms with van der Waals surface area (Å²) < 4.78 is 5.37. The van der Waals surface area contributed by atoms with E-state index in [-0.39, 0.29) is 5.91 Å². The van der Waals surface area contributed by atoms with Gasteiger partial charge in [-0.2, -0.15) is 0 Å². The highest BCUT2D eigenvalue weighted by atomic mass is 16.3. The third kappa shape index (κ3) is 3.38. The molecule has 0 atom stereocenters. The number of amides is 1. The first-order valence-corrected chi connectivity index (χ1v) is 7.01. The monoisotopic (exact) mass is 283 g/mol.